The van der Waals surface area contributed by atoms with Gasteiger partial charge < -0.3 is 5.11 Å². The lowest BCUT2D eigenvalue weighted by atomic mass is 10.0. The molecule has 2 heteroatoms. The van der Waals surface area contributed by atoms with E-state index in [-0.39, 0.29) is 0 Å². The number of unbranched alkanes of at least 4 members (excludes halogenated alkanes) is 15. The van der Waals surface area contributed by atoms with Crippen molar-refractivity contribution in [2.45, 2.75) is 122 Å². The Morgan fingerprint density at radius 1 is 0.690 bits per heavy atom. The van der Waals surface area contributed by atoms with Crippen molar-refractivity contribution in [1.29, 1.82) is 0 Å². The number of hydrogen-bond acceptors (Lipinski definition) is 2. The van der Waals surface area contributed by atoms with Crippen molar-refractivity contribution in [2.24, 2.45) is 4.99 Å². The Labute approximate surface area is 180 Å². The van der Waals surface area contributed by atoms with Crippen LogP contribution in [0.25, 0.3) is 0 Å². The zero-order valence-corrected chi connectivity index (χ0v) is 19.1. The second kappa shape index (κ2) is 15.5. The minimum atomic E-state index is 0.408. The van der Waals surface area contributed by atoms with Crippen LogP contribution in [0.2, 0.25) is 0 Å². The summed E-state index contributed by atoms with van der Waals surface area (Å²) in [5, 5.41) is 10.1. The summed E-state index contributed by atoms with van der Waals surface area (Å²) in [5.74, 6) is 0.408. The summed E-state index contributed by atoms with van der Waals surface area (Å²) in [6, 6.07) is 5.84. The number of fused-ring (bicyclic) bond motifs is 1. The van der Waals surface area contributed by atoms with Crippen LogP contribution in [0.5, 0.6) is 5.75 Å². The first kappa shape index (κ1) is 24.0. The first-order chi connectivity index (χ1) is 14.3. The second-order valence-electron chi connectivity index (χ2n) is 8.94. The molecule has 2 rings (SSSR count). The number of aromatic hydroxyl groups is 1. The highest BCUT2D eigenvalue weighted by molar-refractivity contribution is 6.06. The Morgan fingerprint density at radius 3 is 1.76 bits per heavy atom. The van der Waals surface area contributed by atoms with Gasteiger partial charge in [0.1, 0.15) is 5.75 Å². The lowest BCUT2D eigenvalue weighted by Gasteiger charge is -2.04. The molecule has 0 saturated heterocycles. The zero-order chi connectivity index (χ0) is 20.6. The van der Waals surface area contributed by atoms with E-state index < -0.39 is 0 Å². The van der Waals surface area contributed by atoms with Crippen LogP contribution >= 0.6 is 0 Å². The van der Waals surface area contributed by atoms with E-state index in [0.717, 1.165) is 30.7 Å². The number of hydrogen-bond donors (Lipinski definition) is 1. The molecule has 1 aromatic carbocycles. The standard InChI is InChI=1S/C27H45NO/c1-2-3-4-5-6-7-8-9-10-11-12-13-14-15-16-17-23-28-25-22-21-24-19-18-20-26(29)27(24)25/h18-20,29H,2-17,21-23H2,1H3. The second-order valence-corrected chi connectivity index (χ2v) is 8.94. The maximum absolute atomic E-state index is 10.1. The first-order valence-corrected chi connectivity index (χ1v) is 12.7. The smallest absolute Gasteiger partial charge is 0.124 e. The zero-order valence-electron chi connectivity index (χ0n) is 19.1. The minimum absolute atomic E-state index is 0.408. The third-order valence-corrected chi connectivity index (χ3v) is 6.36. The lowest BCUT2D eigenvalue weighted by molar-refractivity contribution is 0.474. The van der Waals surface area contributed by atoms with Gasteiger partial charge in [-0.15, -0.1) is 0 Å². The highest BCUT2D eigenvalue weighted by Crippen LogP contribution is 2.30. The minimum Gasteiger partial charge on any atom is -0.507 e. The number of rotatable bonds is 17. The molecule has 0 aliphatic heterocycles. The van der Waals surface area contributed by atoms with E-state index in [0.29, 0.717) is 5.75 Å². The van der Waals surface area contributed by atoms with Crippen molar-refractivity contribution < 1.29 is 5.11 Å². The van der Waals surface area contributed by atoms with Crippen molar-refractivity contribution >= 4 is 5.71 Å². The van der Waals surface area contributed by atoms with Crippen molar-refractivity contribution in [2.75, 3.05) is 6.54 Å². The van der Waals surface area contributed by atoms with Crippen LogP contribution in [0.3, 0.4) is 0 Å². The van der Waals surface area contributed by atoms with E-state index in [4.69, 9.17) is 4.99 Å². The van der Waals surface area contributed by atoms with Gasteiger partial charge in [-0.05, 0) is 30.9 Å². The van der Waals surface area contributed by atoms with E-state index >= 15 is 0 Å². The highest BCUT2D eigenvalue weighted by atomic mass is 16.3. The summed E-state index contributed by atoms with van der Waals surface area (Å²) in [6.07, 6.45) is 24.5. The fourth-order valence-corrected chi connectivity index (χ4v) is 4.54. The molecule has 0 fully saturated rings. The van der Waals surface area contributed by atoms with E-state index in [1.165, 1.54) is 108 Å². The average Bonchev–Trinajstić information content (AvgIpc) is 3.15. The SMILES string of the molecule is CCCCCCCCCCCCCCCCCCN=C1CCc2cccc(O)c21. The summed E-state index contributed by atoms with van der Waals surface area (Å²) in [5.41, 5.74) is 3.40. The van der Waals surface area contributed by atoms with Gasteiger partial charge in [-0.1, -0.05) is 115 Å². The summed E-state index contributed by atoms with van der Waals surface area (Å²) in [7, 11) is 0. The fraction of sp³-hybridized carbons (Fsp3) is 0.741. The Hall–Kier alpha value is -1.31. The predicted molar refractivity (Wildman–Crippen MR) is 127 cm³/mol. The predicted octanol–water partition coefficient (Wildman–Crippen LogP) is 8.39. The number of benzene rings is 1. The van der Waals surface area contributed by atoms with Gasteiger partial charge in [0.25, 0.3) is 0 Å². The molecule has 0 unspecified atom stereocenters. The average molecular weight is 400 g/mol. The van der Waals surface area contributed by atoms with Crippen molar-refractivity contribution in [3.05, 3.63) is 29.3 Å². The molecule has 0 saturated carbocycles. The molecular weight excluding hydrogens is 354 g/mol. The van der Waals surface area contributed by atoms with E-state index in [1.807, 2.05) is 6.07 Å². The van der Waals surface area contributed by atoms with Crippen LogP contribution in [0.15, 0.2) is 23.2 Å². The largest absolute Gasteiger partial charge is 0.507 e. The molecule has 0 heterocycles. The number of aryl methyl sites for hydroxylation is 1. The summed E-state index contributed by atoms with van der Waals surface area (Å²) >= 11 is 0. The maximum atomic E-state index is 10.1. The third-order valence-electron chi connectivity index (χ3n) is 6.36. The summed E-state index contributed by atoms with van der Waals surface area (Å²) in [4.78, 5) is 4.79. The van der Waals surface area contributed by atoms with Crippen molar-refractivity contribution in [3.63, 3.8) is 0 Å². The lowest BCUT2D eigenvalue weighted by Crippen LogP contribution is -1.97. The van der Waals surface area contributed by atoms with Crippen LogP contribution in [0, 0.1) is 0 Å². The molecule has 1 aromatic rings. The number of phenolic OH excluding ortho intramolecular Hbond substituents is 1. The quantitative estimate of drug-likeness (QED) is 0.262. The molecule has 164 valence electrons. The summed E-state index contributed by atoms with van der Waals surface area (Å²) < 4.78 is 0. The van der Waals surface area contributed by atoms with Crippen LogP contribution in [0.4, 0.5) is 0 Å². The van der Waals surface area contributed by atoms with Gasteiger partial charge in [-0.25, -0.2) is 0 Å². The molecule has 1 aliphatic carbocycles. The Kier molecular flexibility index (Phi) is 12.8. The topological polar surface area (TPSA) is 32.6 Å². The highest BCUT2D eigenvalue weighted by Gasteiger charge is 2.20. The number of nitrogens with zero attached hydrogens (tertiary/aromatic N) is 1. The first-order valence-electron chi connectivity index (χ1n) is 12.7. The molecule has 0 atom stereocenters. The van der Waals surface area contributed by atoms with Crippen molar-refractivity contribution in [1.82, 2.24) is 0 Å². The van der Waals surface area contributed by atoms with Crippen LogP contribution in [0.1, 0.15) is 127 Å². The van der Waals surface area contributed by atoms with Gasteiger partial charge in [-0.2, -0.15) is 0 Å². The molecule has 0 spiro atoms. The number of phenols is 1. The van der Waals surface area contributed by atoms with Gasteiger partial charge in [0.2, 0.25) is 0 Å². The van der Waals surface area contributed by atoms with Crippen LogP contribution < -0.4 is 0 Å². The third kappa shape index (κ3) is 9.83. The molecule has 0 bridgehead atoms. The van der Waals surface area contributed by atoms with E-state index in [2.05, 4.69) is 13.0 Å². The van der Waals surface area contributed by atoms with Crippen LogP contribution in [-0.4, -0.2) is 17.4 Å². The van der Waals surface area contributed by atoms with E-state index in [1.54, 1.807) is 6.07 Å². The molecule has 2 nitrogen and oxygen atoms in total. The molecule has 1 N–H and O–H groups in total. The van der Waals surface area contributed by atoms with Gasteiger partial charge in [0.05, 0.1) is 0 Å². The fourth-order valence-electron chi connectivity index (χ4n) is 4.54. The Morgan fingerprint density at radius 2 is 1.21 bits per heavy atom. The molecule has 29 heavy (non-hydrogen) atoms. The van der Waals surface area contributed by atoms with Gasteiger partial charge in [0.15, 0.2) is 0 Å². The molecule has 0 aromatic heterocycles. The maximum Gasteiger partial charge on any atom is 0.124 e. The Balaban J connectivity index is 1.36. The van der Waals surface area contributed by atoms with Crippen molar-refractivity contribution in [3.8, 4) is 5.75 Å². The van der Waals surface area contributed by atoms with Crippen LogP contribution in [-0.2, 0) is 6.42 Å². The normalized spacial score (nSPS) is 14.6. The molecule has 0 amide bonds. The Bertz CT molecular complexity index is 578. The van der Waals surface area contributed by atoms with Gasteiger partial charge >= 0.3 is 0 Å². The number of aliphatic imine (C=N–C) groups is 1. The molecule has 1 aliphatic rings. The van der Waals surface area contributed by atoms with E-state index in [9.17, 15) is 5.11 Å². The van der Waals surface area contributed by atoms with Gasteiger partial charge in [0, 0.05) is 17.8 Å². The monoisotopic (exact) mass is 399 g/mol. The molecule has 0 radical (unpaired) electrons. The molecular formula is C27H45NO. The van der Waals surface area contributed by atoms with Gasteiger partial charge in [-0.3, -0.25) is 4.99 Å². The summed E-state index contributed by atoms with van der Waals surface area (Å²) in [6.45, 7) is 3.21.